The molecule has 1 aromatic carbocycles. The molecular formula is C16H19N5O2. The molecule has 1 aliphatic heterocycles. The molecule has 0 spiro atoms. The summed E-state index contributed by atoms with van der Waals surface area (Å²) in [4.78, 5) is 15.8. The Kier molecular flexibility index (Phi) is 4.77. The van der Waals surface area contributed by atoms with Crippen LogP contribution in [0.1, 0.15) is 30.1 Å². The second kappa shape index (κ2) is 7.15. The van der Waals surface area contributed by atoms with Gasteiger partial charge in [0.1, 0.15) is 0 Å². The van der Waals surface area contributed by atoms with Crippen molar-refractivity contribution in [2.45, 2.75) is 25.9 Å². The van der Waals surface area contributed by atoms with Crippen molar-refractivity contribution < 1.29 is 9.53 Å². The molecule has 2 aromatic rings. The van der Waals surface area contributed by atoms with Crippen molar-refractivity contribution in [1.29, 1.82) is 0 Å². The zero-order valence-corrected chi connectivity index (χ0v) is 13.0. The topological polar surface area (TPSA) is 89.0 Å². The Bertz CT molecular complexity index is 686. The first kappa shape index (κ1) is 15.4. The van der Waals surface area contributed by atoms with E-state index in [4.69, 9.17) is 4.74 Å². The van der Waals surface area contributed by atoms with E-state index in [2.05, 4.69) is 25.8 Å². The second-order valence-corrected chi connectivity index (χ2v) is 5.44. The zero-order valence-electron chi connectivity index (χ0n) is 13.0. The van der Waals surface area contributed by atoms with Gasteiger partial charge in [-0.1, -0.05) is 12.1 Å². The summed E-state index contributed by atoms with van der Waals surface area (Å²) in [5, 5.41) is 14.2. The first-order valence-corrected chi connectivity index (χ1v) is 7.64. The van der Waals surface area contributed by atoms with Crippen LogP contribution >= 0.6 is 0 Å². The lowest BCUT2D eigenvalue weighted by atomic mass is 10.1. The summed E-state index contributed by atoms with van der Waals surface area (Å²) in [6, 6.07) is 7.25. The van der Waals surface area contributed by atoms with Gasteiger partial charge in [-0.25, -0.2) is 0 Å². The number of rotatable bonds is 6. The number of anilines is 3. The molecule has 7 heteroatoms. The summed E-state index contributed by atoms with van der Waals surface area (Å²) >= 11 is 0. The normalized spacial score (nSPS) is 17.0. The van der Waals surface area contributed by atoms with E-state index in [-0.39, 0.29) is 11.9 Å². The first-order valence-electron chi connectivity index (χ1n) is 7.64. The van der Waals surface area contributed by atoms with Gasteiger partial charge in [-0.3, -0.25) is 4.79 Å². The number of nitrogens with zero attached hydrogens (tertiary/aromatic N) is 3. The van der Waals surface area contributed by atoms with Gasteiger partial charge in [0.2, 0.25) is 5.95 Å². The van der Waals surface area contributed by atoms with Gasteiger partial charge < -0.3 is 15.4 Å². The van der Waals surface area contributed by atoms with Crippen LogP contribution < -0.4 is 10.6 Å². The quantitative estimate of drug-likeness (QED) is 0.792. The Hall–Kier alpha value is -2.54. The molecule has 7 nitrogen and oxygen atoms in total. The lowest BCUT2D eigenvalue weighted by Gasteiger charge is -2.11. The van der Waals surface area contributed by atoms with Gasteiger partial charge in [0.05, 0.1) is 12.3 Å². The van der Waals surface area contributed by atoms with Crippen molar-refractivity contribution in [2.24, 2.45) is 0 Å². The van der Waals surface area contributed by atoms with Crippen LogP contribution in [-0.4, -0.2) is 40.2 Å². The number of ketones is 1. The molecule has 1 aliphatic rings. The van der Waals surface area contributed by atoms with Gasteiger partial charge in [0.25, 0.3) is 0 Å². The fourth-order valence-electron chi connectivity index (χ4n) is 2.41. The molecule has 0 saturated carbocycles. The van der Waals surface area contributed by atoms with E-state index in [0.29, 0.717) is 23.9 Å². The van der Waals surface area contributed by atoms with E-state index < -0.39 is 0 Å². The zero-order chi connectivity index (χ0) is 16.1. The number of nitrogens with one attached hydrogen (secondary N) is 2. The maximum Gasteiger partial charge on any atom is 0.244 e. The van der Waals surface area contributed by atoms with Crippen LogP contribution in [0.15, 0.2) is 30.5 Å². The molecule has 2 heterocycles. The van der Waals surface area contributed by atoms with Gasteiger partial charge in [0.15, 0.2) is 11.6 Å². The molecule has 120 valence electrons. The molecule has 0 amide bonds. The third-order valence-electron chi connectivity index (χ3n) is 3.61. The number of aromatic nitrogens is 3. The number of carbonyl (C=O) groups excluding carboxylic acids is 1. The molecular weight excluding hydrogens is 294 g/mol. The minimum Gasteiger partial charge on any atom is -0.376 e. The van der Waals surface area contributed by atoms with Gasteiger partial charge in [-0.2, -0.15) is 10.1 Å². The van der Waals surface area contributed by atoms with Crippen LogP contribution in [0.3, 0.4) is 0 Å². The Morgan fingerprint density at radius 1 is 1.43 bits per heavy atom. The van der Waals surface area contributed by atoms with Crippen LogP contribution in [0, 0.1) is 0 Å². The molecule has 1 aromatic heterocycles. The summed E-state index contributed by atoms with van der Waals surface area (Å²) < 4.78 is 5.55. The fraction of sp³-hybridized carbons (Fsp3) is 0.375. The lowest BCUT2D eigenvalue weighted by Crippen LogP contribution is -2.20. The Morgan fingerprint density at radius 2 is 2.35 bits per heavy atom. The molecule has 0 aliphatic carbocycles. The van der Waals surface area contributed by atoms with Crippen LogP contribution in [0.5, 0.6) is 0 Å². The molecule has 1 fully saturated rings. The van der Waals surface area contributed by atoms with Crippen LogP contribution in [0.25, 0.3) is 0 Å². The molecule has 2 N–H and O–H groups in total. The van der Waals surface area contributed by atoms with Crippen molar-refractivity contribution in [1.82, 2.24) is 15.2 Å². The molecule has 3 rings (SSSR count). The molecule has 1 saturated heterocycles. The third kappa shape index (κ3) is 4.23. The number of ether oxygens (including phenoxy) is 1. The maximum atomic E-state index is 11.4. The minimum atomic E-state index is 0.0216. The maximum absolute atomic E-state index is 11.4. The van der Waals surface area contributed by atoms with Crippen molar-refractivity contribution in [3.05, 3.63) is 36.0 Å². The van der Waals surface area contributed by atoms with E-state index in [1.165, 1.54) is 6.20 Å². The van der Waals surface area contributed by atoms with Gasteiger partial charge >= 0.3 is 0 Å². The van der Waals surface area contributed by atoms with Crippen molar-refractivity contribution in [3.8, 4) is 0 Å². The van der Waals surface area contributed by atoms with E-state index in [1.54, 1.807) is 19.1 Å². The molecule has 1 unspecified atom stereocenters. The number of hydrogen-bond donors (Lipinski definition) is 2. The highest BCUT2D eigenvalue weighted by Gasteiger charge is 2.15. The Labute approximate surface area is 134 Å². The number of carbonyl (C=O) groups is 1. The van der Waals surface area contributed by atoms with Crippen molar-refractivity contribution in [3.63, 3.8) is 0 Å². The molecule has 1 atom stereocenters. The van der Waals surface area contributed by atoms with E-state index >= 15 is 0 Å². The summed E-state index contributed by atoms with van der Waals surface area (Å²) in [5.41, 5.74) is 1.43. The number of Topliss-reactive ketones (excluding diaryl/α,β-unsaturated/α-hetero) is 1. The predicted molar refractivity (Wildman–Crippen MR) is 87.0 cm³/mol. The number of hydrogen-bond acceptors (Lipinski definition) is 7. The molecule has 23 heavy (non-hydrogen) atoms. The van der Waals surface area contributed by atoms with E-state index in [9.17, 15) is 4.79 Å². The smallest absolute Gasteiger partial charge is 0.244 e. The lowest BCUT2D eigenvalue weighted by molar-refractivity contribution is 0.101. The number of benzene rings is 1. The average molecular weight is 313 g/mol. The van der Waals surface area contributed by atoms with Crippen molar-refractivity contribution >= 4 is 23.2 Å². The van der Waals surface area contributed by atoms with Crippen LogP contribution in [0.2, 0.25) is 0 Å². The van der Waals surface area contributed by atoms with E-state index in [1.807, 2.05) is 12.1 Å². The van der Waals surface area contributed by atoms with Gasteiger partial charge in [-0.15, -0.1) is 5.10 Å². The minimum absolute atomic E-state index is 0.0216. The standard InChI is InChI=1S/C16H19N5O2/c1-11(22)12-4-2-5-13(8-12)19-15-10-18-21-16(20-15)17-9-14-6-3-7-23-14/h2,4-5,8,10,14H,3,6-7,9H2,1H3,(H2,17,19,20,21). The van der Waals surface area contributed by atoms with Gasteiger partial charge in [-0.05, 0) is 31.9 Å². The SMILES string of the molecule is CC(=O)c1cccc(Nc2cnnc(NCC3CCCO3)n2)c1. The summed E-state index contributed by atoms with van der Waals surface area (Å²) in [6.07, 6.45) is 3.90. The largest absolute Gasteiger partial charge is 0.376 e. The second-order valence-electron chi connectivity index (χ2n) is 5.44. The highest BCUT2D eigenvalue weighted by atomic mass is 16.5. The summed E-state index contributed by atoms with van der Waals surface area (Å²) in [7, 11) is 0. The Balaban J connectivity index is 1.64. The fourth-order valence-corrected chi connectivity index (χ4v) is 2.41. The van der Waals surface area contributed by atoms with Crippen LogP contribution in [-0.2, 0) is 4.74 Å². The predicted octanol–water partition coefficient (Wildman–Crippen LogP) is 2.41. The van der Waals surface area contributed by atoms with E-state index in [0.717, 1.165) is 25.1 Å². The summed E-state index contributed by atoms with van der Waals surface area (Å²) in [5.74, 6) is 1.04. The summed E-state index contributed by atoms with van der Waals surface area (Å²) in [6.45, 7) is 3.03. The highest BCUT2D eigenvalue weighted by molar-refractivity contribution is 5.95. The van der Waals surface area contributed by atoms with Gasteiger partial charge in [0, 0.05) is 24.4 Å². The van der Waals surface area contributed by atoms with Crippen LogP contribution in [0.4, 0.5) is 17.5 Å². The highest BCUT2D eigenvalue weighted by Crippen LogP contribution is 2.17. The monoisotopic (exact) mass is 313 g/mol. The Morgan fingerprint density at radius 3 is 3.13 bits per heavy atom. The average Bonchev–Trinajstić information content (AvgIpc) is 3.07. The molecule has 0 bridgehead atoms. The van der Waals surface area contributed by atoms with Crippen molar-refractivity contribution in [2.75, 3.05) is 23.8 Å². The third-order valence-corrected chi connectivity index (χ3v) is 3.61. The first-order chi connectivity index (χ1) is 11.2. The molecule has 0 radical (unpaired) electrons.